The van der Waals surface area contributed by atoms with Crippen molar-refractivity contribution < 1.29 is 9.21 Å². The van der Waals surface area contributed by atoms with Crippen LogP contribution in [0.2, 0.25) is 0 Å². The van der Waals surface area contributed by atoms with Crippen molar-refractivity contribution in [2.45, 2.75) is 32.0 Å². The lowest BCUT2D eigenvalue weighted by molar-refractivity contribution is -0.116. The maximum Gasteiger partial charge on any atom is 0.226 e. The Bertz CT molecular complexity index is 1300. The van der Waals surface area contributed by atoms with E-state index in [4.69, 9.17) is 16.6 Å². The van der Waals surface area contributed by atoms with E-state index in [-0.39, 0.29) is 18.0 Å². The predicted molar refractivity (Wildman–Crippen MR) is 139 cm³/mol. The van der Waals surface area contributed by atoms with Gasteiger partial charge < -0.3 is 24.5 Å². The molecule has 35 heavy (non-hydrogen) atoms. The number of aryl methyl sites for hydroxylation is 1. The molecular formula is C27H27N5O2S. The molecule has 0 radical (unpaired) electrons. The fourth-order valence-electron chi connectivity index (χ4n) is 4.53. The first-order valence-electron chi connectivity index (χ1n) is 11.6. The normalized spacial score (nSPS) is 17.4. The molecular weight excluding hydrogens is 458 g/mol. The number of carbonyl (C=O) groups is 1. The van der Waals surface area contributed by atoms with Crippen LogP contribution in [0.1, 0.15) is 41.2 Å². The SMILES string of the molecule is Cc1ccccc1NC(=O)CCN1C(=S)N[C@H](c2ccccn2)[C@@H]1c1cccn1Cc1ccco1. The summed E-state index contributed by atoms with van der Waals surface area (Å²) in [6.45, 7) is 3.06. The number of para-hydroxylation sites is 1. The van der Waals surface area contributed by atoms with Gasteiger partial charge in [0.15, 0.2) is 5.11 Å². The molecule has 1 aromatic carbocycles. The summed E-state index contributed by atoms with van der Waals surface area (Å²) < 4.78 is 7.75. The van der Waals surface area contributed by atoms with E-state index in [0.717, 1.165) is 28.4 Å². The molecule has 1 aliphatic rings. The Morgan fingerprint density at radius 3 is 2.74 bits per heavy atom. The van der Waals surface area contributed by atoms with Gasteiger partial charge in [-0.1, -0.05) is 24.3 Å². The van der Waals surface area contributed by atoms with Crippen LogP contribution < -0.4 is 10.6 Å². The molecule has 8 heteroatoms. The minimum atomic E-state index is -0.145. The number of carbonyl (C=O) groups excluding carboxylic acids is 1. The third-order valence-electron chi connectivity index (χ3n) is 6.27. The molecule has 1 aliphatic heterocycles. The fraction of sp³-hybridized carbons (Fsp3) is 0.222. The Morgan fingerprint density at radius 1 is 1.11 bits per heavy atom. The zero-order valence-electron chi connectivity index (χ0n) is 19.4. The summed E-state index contributed by atoms with van der Waals surface area (Å²) in [5, 5.41) is 7.09. The lowest BCUT2D eigenvalue weighted by Gasteiger charge is -2.28. The van der Waals surface area contributed by atoms with Crippen LogP contribution in [0.4, 0.5) is 5.69 Å². The van der Waals surface area contributed by atoms with Crippen LogP contribution in [0, 0.1) is 6.92 Å². The Labute approximate surface area is 209 Å². The molecule has 3 aromatic heterocycles. The van der Waals surface area contributed by atoms with Crippen molar-refractivity contribution in [1.82, 2.24) is 19.8 Å². The highest BCUT2D eigenvalue weighted by atomic mass is 32.1. The zero-order chi connectivity index (χ0) is 24.2. The number of furan rings is 1. The van der Waals surface area contributed by atoms with E-state index in [0.29, 0.717) is 24.6 Å². The highest BCUT2D eigenvalue weighted by Gasteiger charge is 2.41. The number of nitrogens with zero attached hydrogens (tertiary/aromatic N) is 3. The number of nitrogens with one attached hydrogen (secondary N) is 2. The topological polar surface area (TPSA) is 75.3 Å². The molecule has 0 unspecified atom stereocenters. The standard InChI is InChI=1S/C27H27N5O2S/c1-19-8-2-3-10-21(19)29-24(33)13-16-32-26(25(30-27(32)35)22-11-4-5-14-28-22)23-12-6-15-31(23)18-20-9-7-17-34-20/h2-12,14-15,17,25-26H,13,16,18H2,1H3,(H,29,33)(H,30,35)/t25-,26+/m1/s1. The summed E-state index contributed by atoms with van der Waals surface area (Å²) in [7, 11) is 0. The van der Waals surface area contributed by atoms with Crippen LogP contribution in [0.25, 0.3) is 0 Å². The molecule has 178 valence electrons. The summed E-state index contributed by atoms with van der Waals surface area (Å²) in [6, 6.07) is 21.4. The predicted octanol–water partition coefficient (Wildman–Crippen LogP) is 4.83. The molecule has 1 fully saturated rings. The first-order chi connectivity index (χ1) is 17.1. The minimum Gasteiger partial charge on any atom is -0.467 e. The van der Waals surface area contributed by atoms with E-state index in [1.165, 1.54) is 0 Å². The van der Waals surface area contributed by atoms with Crippen molar-refractivity contribution in [3.05, 3.63) is 108 Å². The monoisotopic (exact) mass is 485 g/mol. The number of amides is 1. The smallest absolute Gasteiger partial charge is 0.226 e. The van der Waals surface area contributed by atoms with Crippen LogP contribution in [0.15, 0.2) is 89.8 Å². The van der Waals surface area contributed by atoms with E-state index in [1.807, 2.05) is 73.8 Å². The molecule has 0 bridgehead atoms. The van der Waals surface area contributed by atoms with Gasteiger partial charge in [-0.05, 0) is 67.2 Å². The molecule has 0 aliphatic carbocycles. The quantitative estimate of drug-likeness (QED) is 0.348. The molecule has 1 saturated heterocycles. The molecule has 2 N–H and O–H groups in total. The number of hydrogen-bond acceptors (Lipinski definition) is 4. The summed E-state index contributed by atoms with van der Waals surface area (Å²) >= 11 is 5.76. The number of benzene rings is 1. The average Bonchev–Trinajstić information content (AvgIpc) is 3.61. The second-order valence-electron chi connectivity index (χ2n) is 8.57. The molecule has 7 nitrogen and oxygen atoms in total. The summed E-state index contributed by atoms with van der Waals surface area (Å²) in [5.41, 5.74) is 3.83. The first-order valence-corrected chi connectivity index (χ1v) is 12.0. The third-order valence-corrected chi connectivity index (χ3v) is 6.62. The molecule has 5 rings (SSSR count). The van der Waals surface area contributed by atoms with Crippen molar-refractivity contribution in [3.8, 4) is 0 Å². The van der Waals surface area contributed by atoms with Gasteiger partial charge >= 0.3 is 0 Å². The van der Waals surface area contributed by atoms with E-state index >= 15 is 0 Å². The molecule has 4 heterocycles. The van der Waals surface area contributed by atoms with Gasteiger partial charge in [0, 0.05) is 36.7 Å². The van der Waals surface area contributed by atoms with Gasteiger partial charge in [0.1, 0.15) is 5.76 Å². The number of aromatic nitrogens is 2. The number of pyridine rings is 1. The van der Waals surface area contributed by atoms with Crippen molar-refractivity contribution in [1.29, 1.82) is 0 Å². The van der Waals surface area contributed by atoms with Crippen molar-refractivity contribution in [2.24, 2.45) is 0 Å². The second-order valence-corrected chi connectivity index (χ2v) is 8.96. The summed E-state index contributed by atoms with van der Waals surface area (Å²) in [4.78, 5) is 19.5. The van der Waals surface area contributed by atoms with Crippen LogP contribution in [-0.4, -0.2) is 32.0 Å². The van der Waals surface area contributed by atoms with E-state index < -0.39 is 0 Å². The Hall–Kier alpha value is -3.91. The first kappa shape index (κ1) is 22.9. The van der Waals surface area contributed by atoms with Gasteiger partial charge in [-0.25, -0.2) is 0 Å². The van der Waals surface area contributed by atoms with Gasteiger partial charge in [-0.3, -0.25) is 9.78 Å². The van der Waals surface area contributed by atoms with E-state index in [2.05, 4.69) is 31.2 Å². The molecule has 1 amide bonds. The highest BCUT2D eigenvalue weighted by molar-refractivity contribution is 7.80. The molecule has 0 saturated carbocycles. The molecule has 0 spiro atoms. The average molecular weight is 486 g/mol. The molecule has 2 atom stereocenters. The van der Waals surface area contributed by atoms with Crippen molar-refractivity contribution in [3.63, 3.8) is 0 Å². The van der Waals surface area contributed by atoms with Crippen LogP contribution in [0.5, 0.6) is 0 Å². The second kappa shape index (κ2) is 10.1. The highest BCUT2D eigenvalue weighted by Crippen LogP contribution is 2.39. The van der Waals surface area contributed by atoms with Gasteiger partial charge in [0.2, 0.25) is 5.91 Å². The largest absolute Gasteiger partial charge is 0.467 e. The van der Waals surface area contributed by atoms with Crippen molar-refractivity contribution >= 4 is 28.9 Å². The van der Waals surface area contributed by atoms with Gasteiger partial charge in [0.05, 0.1) is 30.6 Å². The Kier molecular flexibility index (Phi) is 6.63. The number of hydrogen-bond donors (Lipinski definition) is 2. The Morgan fingerprint density at radius 2 is 1.97 bits per heavy atom. The van der Waals surface area contributed by atoms with Crippen LogP contribution >= 0.6 is 12.2 Å². The van der Waals surface area contributed by atoms with E-state index in [9.17, 15) is 4.79 Å². The van der Waals surface area contributed by atoms with Crippen LogP contribution in [-0.2, 0) is 11.3 Å². The van der Waals surface area contributed by atoms with E-state index in [1.54, 1.807) is 12.5 Å². The zero-order valence-corrected chi connectivity index (χ0v) is 20.2. The summed E-state index contributed by atoms with van der Waals surface area (Å²) in [5.74, 6) is 0.822. The minimum absolute atomic E-state index is 0.0481. The number of anilines is 1. The lowest BCUT2D eigenvalue weighted by Crippen LogP contribution is -2.33. The van der Waals surface area contributed by atoms with Gasteiger partial charge in [0.25, 0.3) is 0 Å². The lowest BCUT2D eigenvalue weighted by atomic mass is 10.0. The Balaban J connectivity index is 1.40. The maximum absolute atomic E-state index is 12.8. The van der Waals surface area contributed by atoms with Crippen LogP contribution in [0.3, 0.4) is 0 Å². The van der Waals surface area contributed by atoms with Gasteiger partial charge in [-0.15, -0.1) is 0 Å². The third kappa shape index (κ3) is 4.97. The number of rotatable bonds is 8. The van der Waals surface area contributed by atoms with Crippen molar-refractivity contribution in [2.75, 3.05) is 11.9 Å². The van der Waals surface area contributed by atoms with Gasteiger partial charge in [-0.2, -0.15) is 0 Å². The fourth-order valence-corrected chi connectivity index (χ4v) is 4.86. The number of thiocarbonyl (C=S) groups is 1. The molecule has 4 aromatic rings. The summed E-state index contributed by atoms with van der Waals surface area (Å²) in [6.07, 6.45) is 5.82. The maximum atomic E-state index is 12.8.